The predicted molar refractivity (Wildman–Crippen MR) is 56.4 cm³/mol. The second-order valence-corrected chi connectivity index (χ2v) is 4.26. The molecule has 2 nitrogen and oxygen atoms in total. The summed E-state index contributed by atoms with van der Waals surface area (Å²) in [5.74, 6) is -5.98. The lowest BCUT2D eigenvalue weighted by atomic mass is 9.93. The molecule has 0 bridgehead atoms. The maximum atomic E-state index is 13.0. The molecule has 1 rings (SSSR count). The highest BCUT2D eigenvalue weighted by atomic mass is 35.5. The highest BCUT2D eigenvalue weighted by Crippen LogP contribution is 2.35. The van der Waals surface area contributed by atoms with Gasteiger partial charge in [0.15, 0.2) is 22.3 Å². The van der Waals surface area contributed by atoms with Gasteiger partial charge in [0.05, 0.1) is 0 Å². The van der Waals surface area contributed by atoms with E-state index in [2.05, 4.69) is 0 Å². The molecule has 17 heavy (non-hydrogen) atoms. The highest BCUT2D eigenvalue weighted by molar-refractivity contribution is 6.33. The summed E-state index contributed by atoms with van der Waals surface area (Å²) < 4.78 is 38.8. The molecule has 0 aliphatic heterocycles. The van der Waals surface area contributed by atoms with Crippen LogP contribution in [0.5, 0.6) is 0 Å². The van der Waals surface area contributed by atoms with Crippen molar-refractivity contribution in [2.75, 3.05) is 0 Å². The van der Waals surface area contributed by atoms with E-state index < -0.39 is 28.3 Å². The van der Waals surface area contributed by atoms with E-state index in [1.807, 2.05) is 0 Å². The summed E-state index contributed by atoms with van der Waals surface area (Å²) in [7, 11) is 0. The van der Waals surface area contributed by atoms with Crippen molar-refractivity contribution in [1.82, 2.24) is 0 Å². The molecule has 0 fully saturated rings. The Morgan fingerprint density at radius 3 is 2.18 bits per heavy atom. The number of rotatable bonds is 4. The van der Waals surface area contributed by atoms with Gasteiger partial charge in [0, 0.05) is 0 Å². The van der Waals surface area contributed by atoms with E-state index in [1.54, 1.807) is 6.92 Å². The monoisotopic (exact) mass is 266 g/mol. The Morgan fingerprint density at radius 2 is 1.82 bits per heavy atom. The minimum absolute atomic E-state index is 0.0194. The van der Waals surface area contributed by atoms with Crippen LogP contribution in [0.4, 0.5) is 13.2 Å². The van der Waals surface area contributed by atoms with Gasteiger partial charge in [0.25, 0.3) is 0 Å². The average molecular weight is 267 g/mol. The third kappa shape index (κ3) is 2.54. The fraction of sp³-hybridized carbons (Fsp3) is 0.364. The third-order valence-electron chi connectivity index (χ3n) is 2.37. The standard InChI is InChI=1S/C11H10ClF3O2/c1-2-3-11(12,10(16)17)6-4-7(13)9(15)8(14)5-6/h4-5H,2-3H2,1H3,(H,16,17). The van der Waals surface area contributed by atoms with E-state index in [9.17, 15) is 18.0 Å². The average Bonchev–Trinajstić information content (AvgIpc) is 2.25. The van der Waals surface area contributed by atoms with Crippen LogP contribution in [-0.4, -0.2) is 11.1 Å². The molecule has 0 aliphatic rings. The summed E-state index contributed by atoms with van der Waals surface area (Å²) in [6.45, 7) is 1.68. The third-order valence-corrected chi connectivity index (χ3v) is 2.94. The normalized spacial score (nSPS) is 14.4. The number of aliphatic carboxylic acids is 1. The molecule has 0 spiro atoms. The number of carboxylic acid groups (broad SMARTS) is 1. The second-order valence-electron chi connectivity index (χ2n) is 3.61. The molecule has 1 aromatic carbocycles. The van der Waals surface area contributed by atoms with Crippen LogP contribution in [0.3, 0.4) is 0 Å². The van der Waals surface area contributed by atoms with Gasteiger partial charge in [-0.2, -0.15) is 0 Å². The van der Waals surface area contributed by atoms with Crippen LogP contribution >= 0.6 is 11.6 Å². The first-order chi connectivity index (χ1) is 7.82. The zero-order valence-electron chi connectivity index (χ0n) is 8.94. The van der Waals surface area contributed by atoms with Crippen LogP contribution in [0.15, 0.2) is 12.1 Å². The lowest BCUT2D eigenvalue weighted by Gasteiger charge is -2.22. The van der Waals surface area contributed by atoms with Crippen LogP contribution in [0.2, 0.25) is 0 Å². The number of benzene rings is 1. The van der Waals surface area contributed by atoms with Crippen molar-refractivity contribution < 1.29 is 23.1 Å². The zero-order valence-corrected chi connectivity index (χ0v) is 9.69. The number of hydrogen-bond donors (Lipinski definition) is 1. The Balaban J connectivity index is 3.34. The van der Waals surface area contributed by atoms with Crippen LogP contribution in [-0.2, 0) is 9.67 Å². The minimum Gasteiger partial charge on any atom is -0.480 e. The first-order valence-corrected chi connectivity index (χ1v) is 5.28. The lowest BCUT2D eigenvalue weighted by molar-refractivity contribution is -0.140. The van der Waals surface area contributed by atoms with Crippen molar-refractivity contribution in [3.8, 4) is 0 Å². The molecule has 0 aromatic heterocycles. The molecule has 6 heteroatoms. The summed E-state index contributed by atoms with van der Waals surface area (Å²) >= 11 is 5.84. The maximum absolute atomic E-state index is 13.0. The van der Waals surface area contributed by atoms with Crippen molar-refractivity contribution in [3.05, 3.63) is 35.1 Å². The molecule has 0 radical (unpaired) electrons. The fourth-order valence-corrected chi connectivity index (χ4v) is 1.80. The van der Waals surface area contributed by atoms with Crippen molar-refractivity contribution in [2.24, 2.45) is 0 Å². The van der Waals surface area contributed by atoms with Crippen molar-refractivity contribution in [3.63, 3.8) is 0 Å². The van der Waals surface area contributed by atoms with Crippen molar-refractivity contribution >= 4 is 17.6 Å². The van der Waals surface area contributed by atoms with Crippen LogP contribution in [0.1, 0.15) is 25.3 Å². The van der Waals surface area contributed by atoms with Gasteiger partial charge in [-0.05, 0) is 24.1 Å². The summed E-state index contributed by atoms with van der Waals surface area (Å²) in [5.41, 5.74) is -0.301. The first kappa shape index (κ1) is 13.8. The Labute approximate surface area is 101 Å². The van der Waals surface area contributed by atoms with Crippen LogP contribution in [0.25, 0.3) is 0 Å². The Morgan fingerprint density at radius 1 is 1.35 bits per heavy atom. The molecule has 1 atom stereocenters. The zero-order chi connectivity index (χ0) is 13.2. The van der Waals surface area contributed by atoms with Gasteiger partial charge in [-0.15, -0.1) is 11.6 Å². The van der Waals surface area contributed by atoms with E-state index in [-0.39, 0.29) is 12.0 Å². The molecule has 1 N–H and O–H groups in total. The second kappa shape index (κ2) is 4.96. The van der Waals surface area contributed by atoms with Gasteiger partial charge in [0.2, 0.25) is 0 Å². The van der Waals surface area contributed by atoms with E-state index in [0.29, 0.717) is 18.6 Å². The molecule has 0 saturated carbocycles. The topological polar surface area (TPSA) is 37.3 Å². The summed E-state index contributed by atoms with van der Waals surface area (Å²) in [5, 5.41) is 9.00. The van der Waals surface area contributed by atoms with Gasteiger partial charge in [-0.1, -0.05) is 13.3 Å². The fourth-order valence-electron chi connectivity index (χ4n) is 1.50. The minimum atomic E-state index is -1.94. The van der Waals surface area contributed by atoms with Gasteiger partial charge >= 0.3 is 5.97 Å². The largest absolute Gasteiger partial charge is 0.480 e. The Hall–Kier alpha value is -1.23. The maximum Gasteiger partial charge on any atom is 0.329 e. The lowest BCUT2D eigenvalue weighted by Crippen LogP contribution is -2.30. The number of carbonyl (C=O) groups is 1. The highest BCUT2D eigenvalue weighted by Gasteiger charge is 2.38. The van der Waals surface area contributed by atoms with Crippen LogP contribution < -0.4 is 0 Å². The van der Waals surface area contributed by atoms with E-state index in [4.69, 9.17) is 16.7 Å². The molecule has 94 valence electrons. The van der Waals surface area contributed by atoms with Gasteiger partial charge in [-0.3, -0.25) is 0 Å². The molecule has 1 aromatic rings. The molecule has 0 aliphatic carbocycles. The Bertz CT molecular complexity index is 427. The van der Waals surface area contributed by atoms with Crippen molar-refractivity contribution in [1.29, 1.82) is 0 Å². The van der Waals surface area contributed by atoms with Crippen molar-refractivity contribution in [2.45, 2.75) is 24.6 Å². The van der Waals surface area contributed by atoms with Gasteiger partial charge < -0.3 is 5.11 Å². The molecule has 0 saturated heterocycles. The number of carboxylic acids is 1. The van der Waals surface area contributed by atoms with E-state index >= 15 is 0 Å². The molecular weight excluding hydrogens is 257 g/mol. The molecule has 0 amide bonds. The summed E-state index contributed by atoms with van der Waals surface area (Å²) in [6, 6.07) is 1.21. The Kier molecular flexibility index (Phi) is 4.03. The SMILES string of the molecule is CCCC(Cl)(C(=O)O)c1cc(F)c(F)c(F)c1. The molecular formula is C11H10ClF3O2. The van der Waals surface area contributed by atoms with Gasteiger partial charge in [-0.25, -0.2) is 18.0 Å². The quantitative estimate of drug-likeness (QED) is 0.670. The summed E-state index contributed by atoms with van der Waals surface area (Å²) in [4.78, 5) is 9.11. The predicted octanol–water partition coefficient (Wildman–Crippen LogP) is 3.42. The van der Waals surface area contributed by atoms with Crippen LogP contribution in [0, 0.1) is 17.5 Å². The number of halogens is 4. The first-order valence-electron chi connectivity index (χ1n) is 4.90. The number of hydrogen-bond acceptors (Lipinski definition) is 1. The smallest absolute Gasteiger partial charge is 0.329 e. The van der Waals surface area contributed by atoms with Gasteiger partial charge in [0.1, 0.15) is 0 Å². The van der Waals surface area contributed by atoms with E-state index in [1.165, 1.54) is 0 Å². The molecule has 1 unspecified atom stereocenters. The summed E-state index contributed by atoms with van der Waals surface area (Å²) in [6.07, 6.45) is 0.380. The molecule has 0 heterocycles. The van der Waals surface area contributed by atoms with E-state index in [0.717, 1.165) is 0 Å². The number of alkyl halides is 1.